The molecule has 1 heterocycles. The first kappa shape index (κ1) is 13.0. The molecule has 1 fully saturated rings. The molecule has 2 N–H and O–H groups in total. The number of ether oxygens (including phenoxy) is 1. The van der Waals surface area contributed by atoms with E-state index < -0.39 is 12.0 Å². The van der Waals surface area contributed by atoms with Crippen LogP contribution in [-0.4, -0.2) is 29.6 Å². The van der Waals surface area contributed by atoms with Gasteiger partial charge in [-0.25, -0.2) is 0 Å². The molecule has 1 aliphatic carbocycles. The van der Waals surface area contributed by atoms with E-state index in [9.17, 15) is 9.59 Å². The van der Waals surface area contributed by atoms with Crippen LogP contribution >= 0.6 is 0 Å². The fourth-order valence-corrected chi connectivity index (χ4v) is 3.08. The Morgan fingerprint density at radius 2 is 2.20 bits per heavy atom. The van der Waals surface area contributed by atoms with Gasteiger partial charge in [-0.05, 0) is 25.8 Å². The Morgan fingerprint density at radius 1 is 1.45 bits per heavy atom. The molecule has 3 atom stereocenters. The number of nitrogens with one attached hydrogen (secondary N) is 1. The quantitative estimate of drug-likeness (QED) is 0.872. The van der Waals surface area contributed by atoms with Gasteiger partial charge in [-0.1, -0.05) is 18.2 Å². The van der Waals surface area contributed by atoms with Crippen molar-refractivity contribution in [2.75, 3.05) is 6.61 Å². The Bertz CT molecular complexity index is 571. The summed E-state index contributed by atoms with van der Waals surface area (Å²) in [5, 5.41) is 11.4. The van der Waals surface area contributed by atoms with Gasteiger partial charge in [0.25, 0.3) is 0 Å². The summed E-state index contributed by atoms with van der Waals surface area (Å²) in [5.41, 5.74) is 0.923. The van der Waals surface area contributed by atoms with Gasteiger partial charge in [-0.2, -0.15) is 0 Å². The number of carbonyl (C=O) groups is 2. The number of para-hydroxylation sites is 1. The zero-order valence-corrected chi connectivity index (χ0v) is 11.3. The zero-order chi connectivity index (χ0) is 14.3. The predicted molar refractivity (Wildman–Crippen MR) is 71.6 cm³/mol. The standard InChI is InChI=1S/C15H17NO4/c1-9(14(18)19)16-13(17)11-8-15(11)6-7-20-12-5-3-2-4-10(12)15/h2-5,9,11H,6-8H2,1H3,(H,16,17)(H,18,19)/t9?,11-,15-/m0/s1. The number of amides is 1. The second-order valence-electron chi connectivity index (χ2n) is 5.58. The highest BCUT2D eigenvalue weighted by molar-refractivity contribution is 5.88. The summed E-state index contributed by atoms with van der Waals surface area (Å²) in [6, 6.07) is 6.94. The van der Waals surface area contributed by atoms with Crippen LogP contribution in [0.3, 0.4) is 0 Å². The van der Waals surface area contributed by atoms with Crippen LogP contribution in [0.2, 0.25) is 0 Å². The van der Waals surface area contributed by atoms with Gasteiger partial charge in [-0.3, -0.25) is 9.59 Å². The second kappa shape index (κ2) is 4.51. The van der Waals surface area contributed by atoms with Crippen LogP contribution in [0.5, 0.6) is 5.75 Å². The van der Waals surface area contributed by atoms with Gasteiger partial charge in [0.1, 0.15) is 11.8 Å². The summed E-state index contributed by atoms with van der Waals surface area (Å²) in [4.78, 5) is 23.0. The molecule has 1 saturated carbocycles. The molecule has 0 radical (unpaired) electrons. The monoisotopic (exact) mass is 275 g/mol. The molecule has 2 aliphatic rings. The molecule has 5 nitrogen and oxygen atoms in total. The molecule has 1 aromatic carbocycles. The van der Waals surface area contributed by atoms with Crippen molar-refractivity contribution in [1.29, 1.82) is 0 Å². The SMILES string of the molecule is CC(NC(=O)[C@@H]1C[C@]12CCOc1ccccc12)C(=O)O. The Morgan fingerprint density at radius 3 is 2.95 bits per heavy atom. The molecule has 1 unspecified atom stereocenters. The minimum Gasteiger partial charge on any atom is -0.493 e. The summed E-state index contributed by atoms with van der Waals surface area (Å²) in [5.74, 6) is -0.480. The Hall–Kier alpha value is -2.04. The van der Waals surface area contributed by atoms with Gasteiger partial charge in [0, 0.05) is 16.9 Å². The maximum Gasteiger partial charge on any atom is 0.325 e. The largest absolute Gasteiger partial charge is 0.493 e. The first-order valence-corrected chi connectivity index (χ1v) is 6.80. The number of benzene rings is 1. The first-order valence-electron chi connectivity index (χ1n) is 6.80. The molecule has 1 aliphatic heterocycles. The zero-order valence-electron chi connectivity index (χ0n) is 11.3. The summed E-state index contributed by atoms with van der Waals surface area (Å²) in [6.07, 6.45) is 1.58. The van der Waals surface area contributed by atoms with Gasteiger partial charge in [-0.15, -0.1) is 0 Å². The fourth-order valence-electron chi connectivity index (χ4n) is 3.08. The normalized spacial score (nSPS) is 28.1. The van der Waals surface area contributed by atoms with Crippen molar-refractivity contribution in [3.63, 3.8) is 0 Å². The highest BCUT2D eigenvalue weighted by Crippen LogP contribution is 2.60. The number of hydrogen-bond acceptors (Lipinski definition) is 3. The molecular weight excluding hydrogens is 258 g/mol. The lowest BCUT2D eigenvalue weighted by Crippen LogP contribution is -2.40. The third-order valence-electron chi connectivity index (χ3n) is 4.35. The number of fused-ring (bicyclic) bond motifs is 2. The van der Waals surface area contributed by atoms with E-state index in [0.29, 0.717) is 6.61 Å². The third kappa shape index (κ3) is 1.94. The van der Waals surface area contributed by atoms with Crippen molar-refractivity contribution < 1.29 is 19.4 Å². The molecule has 1 spiro atoms. The van der Waals surface area contributed by atoms with E-state index in [1.807, 2.05) is 24.3 Å². The van der Waals surface area contributed by atoms with Crippen LogP contribution < -0.4 is 10.1 Å². The molecule has 1 aromatic rings. The van der Waals surface area contributed by atoms with E-state index in [0.717, 1.165) is 24.2 Å². The van der Waals surface area contributed by atoms with Gasteiger partial charge in [0.15, 0.2) is 0 Å². The molecule has 5 heteroatoms. The summed E-state index contributed by atoms with van der Waals surface area (Å²) < 4.78 is 5.62. The highest BCUT2D eigenvalue weighted by Gasteiger charge is 2.61. The number of aliphatic carboxylic acids is 1. The van der Waals surface area contributed by atoms with Crippen molar-refractivity contribution in [1.82, 2.24) is 5.32 Å². The first-order chi connectivity index (χ1) is 9.54. The van der Waals surface area contributed by atoms with Gasteiger partial charge < -0.3 is 15.2 Å². The topological polar surface area (TPSA) is 75.6 Å². The highest BCUT2D eigenvalue weighted by atomic mass is 16.5. The molecule has 0 saturated heterocycles. The lowest BCUT2D eigenvalue weighted by atomic mass is 9.87. The molecule has 1 amide bonds. The van der Waals surface area contributed by atoms with E-state index in [-0.39, 0.29) is 17.2 Å². The third-order valence-corrected chi connectivity index (χ3v) is 4.35. The predicted octanol–water partition coefficient (Wildman–Crippen LogP) is 1.32. The smallest absolute Gasteiger partial charge is 0.325 e. The van der Waals surface area contributed by atoms with Crippen LogP contribution in [0, 0.1) is 5.92 Å². The maximum atomic E-state index is 12.2. The van der Waals surface area contributed by atoms with E-state index in [2.05, 4.69) is 5.32 Å². The number of carboxylic acid groups (broad SMARTS) is 1. The number of carbonyl (C=O) groups excluding carboxylic acids is 1. The minimum atomic E-state index is -1.01. The molecule has 3 rings (SSSR count). The van der Waals surface area contributed by atoms with Crippen LogP contribution in [-0.2, 0) is 15.0 Å². The van der Waals surface area contributed by atoms with Crippen molar-refractivity contribution in [2.45, 2.75) is 31.2 Å². The number of rotatable bonds is 3. The summed E-state index contributed by atoms with van der Waals surface area (Å²) in [6.45, 7) is 2.09. The molecule has 106 valence electrons. The summed E-state index contributed by atoms with van der Waals surface area (Å²) in [7, 11) is 0. The minimum absolute atomic E-state index is 0.144. The van der Waals surface area contributed by atoms with Gasteiger partial charge in [0.05, 0.1) is 6.61 Å². The molecule has 20 heavy (non-hydrogen) atoms. The van der Waals surface area contributed by atoms with E-state index in [1.165, 1.54) is 6.92 Å². The fraction of sp³-hybridized carbons (Fsp3) is 0.467. The summed E-state index contributed by atoms with van der Waals surface area (Å²) >= 11 is 0. The lowest BCUT2D eigenvalue weighted by molar-refractivity contribution is -0.141. The van der Waals surface area contributed by atoms with Crippen molar-refractivity contribution in [3.8, 4) is 5.75 Å². The number of hydrogen-bond donors (Lipinski definition) is 2. The van der Waals surface area contributed by atoms with Crippen LogP contribution in [0.1, 0.15) is 25.3 Å². The van der Waals surface area contributed by atoms with E-state index in [1.54, 1.807) is 0 Å². The van der Waals surface area contributed by atoms with Crippen molar-refractivity contribution >= 4 is 11.9 Å². The number of carboxylic acids is 1. The van der Waals surface area contributed by atoms with E-state index in [4.69, 9.17) is 9.84 Å². The van der Waals surface area contributed by atoms with Crippen LogP contribution in [0.4, 0.5) is 0 Å². The van der Waals surface area contributed by atoms with Crippen LogP contribution in [0.25, 0.3) is 0 Å². The Labute approximate surface area is 116 Å². The molecule has 0 aromatic heterocycles. The molecule has 0 bridgehead atoms. The average Bonchev–Trinajstić information content (AvgIpc) is 3.14. The molecular formula is C15H17NO4. The van der Waals surface area contributed by atoms with Crippen LogP contribution in [0.15, 0.2) is 24.3 Å². The average molecular weight is 275 g/mol. The van der Waals surface area contributed by atoms with Gasteiger partial charge in [0.2, 0.25) is 5.91 Å². The second-order valence-corrected chi connectivity index (χ2v) is 5.58. The van der Waals surface area contributed by atoms with Gasteiger partial charge >= 0.3 is 5.97 Å². The Kier molecular flexibility index (Phi) is 2.92. The maximum absolute atomic E-state index is 12.2. The Balaban J connectivity index is 1.78. The van der Waals surface area contributed by atoms with Crippen molar-refractivity contribution in [3.05, 3.63) is 29.8 Å². The lowest BCUT2D eigenvalue weighted by Gasteiger charge is -2.26. The van der Waals surface area contributed by atoms with E-state index >= 15 is 0 Å². The van der Waals surface area contributed by atoms with Crippen molar-refractivity contribution in [2.24, 2.45) is 5.92 Å².